The third-order valence-electron chi connectivity index (χ3n) is 7.78. The summed E-state index contributed by atoms with van der Waals surface area (Å²) in [6.07, 6.45) is -5.24. The van der Waals surface area contributed by atoms with E-state index < -0.39 is 72.0 Å². The van der Waals surface area contributed by atoms with Crippen molar-refractivity contribution in [2.75, 3.05) is 6.61 Å². The molecule has 5 rings (SSSR count). The van der Waals surface area contributed by atoms with Crippen LogP contribution >= 0.6 is 0 Å². The van der Waals surface area contributed by atoms with Crippen LogP contribution in [0.15, 0.2) is 60.1 Å². The highest BCUT2D eigenvalue weighted by atomic mass is 16.7. The Morgan fingerprint density at radius 1 is 0.981 bits per heavy atom. The van der Waals surface area contributed by atoms with Crippen molar-refractivity contribution in [3.63, 3.8) is 0 Å². The fourth-order valence-corrected chi connectivity index (χ4v) is 5.77. The van der Waals surface area contributed by atoms with Crippen LogP contribution in [0.5, 0.6) is 11.5 Å². The van der Waals surface area contributed by atoms with Gasteiger partial charge in [0.05, 0.1) is 17.0 Å². The first kappa shape index (κ1) is 36.7. The Balaban J connectivity index is 1.40. The fraction of sp³-hybridized carbons (Fsp3) is 0.364. The Morgan fingerprint density at radius 2 is 1.67 bits per heavy atom. The van der Waals surface area contributed by atoms with E-state index >= 15 is 0 Å². The first-order valence-electron chi connectivity index (χ1n) is 15.6. The van der Waals surface area contributed by atoms with Gasteiger partial charge in [0.25, 0.3) is 5.69 Å². The summed E-state index contributed by atoms with van der Waals surface area (Å²) in [5, 5.41) is 29.5. The Labute approximate surface area is 294 Å². The number of rotatable bonds is 11. The number of nitriles is 1. The molecule has 3 heterocycles. The molecule has 52 heavy (non-hydrogen) atoms. The third kappa shape index (κ3) is 8.24. The van der Waals surface area contributed by atoms with Crippen LogP contribution in [0.4, 0.5) is 5.69 Å². The molecule has 2 N–H and O–H groups in total. The van der Waals surface area contributed by atoms with E-state index in [4.69, 9.17) is 38.9 Å². The zero-order valence-electron chi connectivity index (χ0n) is 28.1. The van der Waals surface area contributed by atoms with E-state index in [1.165, 1.54) is 35.1 Å². The minimum absolute atomic E-state index is 0.0838. The van der Waals surface area contributed by atoms with Gasteiger partial charge in [0.2, 0.25) is 5.88 Å². The van der Waals surface area contributed by atoms with Gasteiger partial charge in [-0.2, -0.15) is 5.26 Å². The van der Waals surface area contributed by atoms with E-state index in [1.54, 1.807) is 18.2 Å². The van der Waals surface area contributed by atoms with E-state index in [2.05, 4.69) is 10.3 Å². The second kappa shape index (κ2) is 15.6. The highest BCUT2D eigenvalue weighted by Gasteiger charge is 2.53. The number of nitro groups is 1. The van der Waals surface area contributed by atoms with Crippen LogP contribution in [0.3, 0.4) is 0 Å². The lowest BCUT2D eigenvalue weighted by molar-refractivity contribution is -0.384. The van der Waals surface area contributed by atoms with Crippen LogP contribution in [0.1, 0.15) is 56.7 Å². The second-order valence-electron chi connectivity index (χ2n) is 11.5. The van der Waals surface area contributed by atoms with Crippen LogP contribution in [-0.2, 0) is 49.5 Å². The molecule has 2 aliphatic heterocycles. The molecule has 2 aromatic carbocycles. The number of carbonyl (C=O) groups is 4. The zero-order valence-corrected chi connectivity index (χ0v) is 28.1. The summed E-state index contributed by atoms with van der Waals surface area (Å²) in [7, 11) is 0. The number of aromatic nitrogens is 3. The van der Waals surface area contributed by atoms with Gasteiger partial charge < -0.3 is 38.9 Å². The number of hydrogen-bond donors (Lipinski definition) is 1. The average molecular weight is 721 g/mol. The van der Waals surface area contributed by atoms with Gasteiger partial charge in [-0.3, -0.25) is 29.3 Å². The van der Waals surface area contributed by atoms with Gasteiger partial charge in [-0.15, -0.1) is 5.10 Å². The van der Waals surface area contributed by atoms with Crippen molar-refractivity contribution in [2.45, 2.75) is 70.9 Å². The molecule has 1 fully saturated rings. The molecular formula is C33H32N6O13. The zero-order chi connectivity index (χ0) is 37.7. The lowest BCUT2D eigenvalue weighted by Gasteiger charge is -2.44. The van der Waals surface area contributed by atoms with Gasteiger partial charge in [-0.25, -0.2) is 4.68 Å². The van der Waals surface area contributed by atoms with E-state index in [0.29, 0.717) is 16.9 Å². The lowest BCUT2D eigenvalue weighted by Crippen LogP contribution is -2.60. The lowest BCUT2D eigenvalue weighted by atomic mass is 9.83. The molecular weight excluding hydrogens is 688 g/mol. The summed E-state index contributed by atoms with van der Waals surface area (Å²) in [5.41, 5.74) is 7.26. The molecule has 0 spiro atoms. The van der Waals surface area contributed by atoms with Crippen molar-refractivity contribution in [1.29, 1.82) is 5.26 Å². The molecule has 0 amide bonds. The highest BCUT2D eigenvalue weighted by molar-refractivity contribution is 5.69. The number of ether oxygens (including phenoxy) is 7. The number of carbonyl (C=O) groups excluding carboxylic acids is 4. The Kier molecular flexibility index (Phi) is 11.0. The molecule has 19 nitrogen and oxygen atoms in total. The minimum Gasteiger partial charge on any atom is -0.487 e. The topological polar surface area (TPSA) is 257 Å². The molecule has 0 aliphatic carbocycles. The average Bonchev–Trinajstić information content (AvgIpc) is 3.55. The van der Waals surface area contributed by atoms with Crippen LogP contribution in [-0.4, -0.2) is 74.8 Å². The number of nitrogens with zero attached hydrogens (tertiary/aromatic N) is 5. The third-order valence-corrected chi connectivity index (χ3v) is 7.78. The second-order valence-corrected chi connectivity index (χ2v) is 11.5. The van der Waals surface area contributed by atoms with Crippen LogP contribution in [0.25, 0.3) is 0 Å². The van der Waals surface area contributed by atoms with Crippen molar-refractivity contribution in [1.82, 2.24) is 15.0 Å². The van der Waals surface area contributed by atoms with Crippen molar-refractivity contribution < 1.29 is 57.3 Å². The minimum atomic E-state index is -1.40. The summed E-state index contributed by atoms with van der Waals surface area (Å²) in [6, 6.07) is 12.7. The van der Waals surface area contributed by atoms with Gasteiger partial charge in [-0.05, 0) is 11.6 Å². The van der Waals surface area contributed by atoms with Gasteiger partial charge in [0.1, 0.15) is 48.2 Å². The Bertz CT molecular complexity index is 1970. The van der Waals surface area contributed by atoms with Gasteiger partial charge in [0, 0.05) is 51.5 Å². The van der Waals surface area contributed by atoms with Crippen molar-refractivity contribution in [3.8, 4) is 17.6 Å². The molecule has 0 bridgehead atoms. The van der Waals surface area contributed by atoms with Gasteiger partial charge in [-0.1, -0.05) is 23.4 Å². The molecule has 2 aliphatic rings. The molecule has 1 unspecified atom stereocenters. The van der Waals surface area contributed by atoms with E-state index in [0.717, 1.165) is 27.7 Å². The molecule has 1 saturated heterocycles. The number of non-ortho nitro benzene ring substituents is 1. The molecule has 3 aromatic rings. The van der Waals surface area contributed by atoms with Crippen molar-refractivity contribution >= 4 is 29.6 Å². The molecule has 272 valence electrons. The maximum absolute atomic E-state index is 12.2. The summed E-state index contributed by atoms with van der Waals surface area (Å²) in [6.45, 7) is 3.93. The number of fused-ring (bicyclic) bond motifs is 1. The summed E-state index contributed by atoms with van der Waals surface area (Å²) >= 11 is 0. The first-order chi connectivity index (χ1) is 24.7. The summed E-state index contributed by atoms with van der Waals surface area (Å²) < 4.78 is 40.4. The van der Waals surface area contributed by atoms with E-state index in [9.17, 15) is 34.6 Å². The van der Waals surface area contributed by atoms with Crippen molar-refractivity contribution in [3.05, 3.63) is 87.1 Å². The predicted octanol–water partition coefficient (Wildman–Crippen LogP) is 2.24. The van der Waals surface area contributed by atoms with Crippen LogP contribution < -0.4 is 15.2 Å². The molecule has 6 atom stereocenters. The smallest absolute Gasteiger partial charge is 0.303 e. The summed E-state index contributed by atoms with van der Waals surface area (Å²) in [5.74, 6) is -3.36. The van der Waals surface area contributed by atoms with Crippen LogP contribution in [0.2, 0.25) is 0 Å². The molecule has 0 radical (unpaired) electrons. The largest absolute Gasteiger partial charge is 0.487 e. The van der Waals surface area contributed by atoms with Gasteiger partial charge in [0.15, 0.2) is 24.5 Å². The SMILES string of the molecule is CC(=O)OC[C@H]1O[C@@H](n2cc(COc3ccc4c(c3)OC(N)=C(C#N)C4c3cccc([N+](=O)[O-])c3)nn2)[C@H](OC(C)=O)[C@@H](OC(C)=O)[C@@H]1OC(C)=O. The number of nitrogens with two attached hydrogens (primary N) is 1. The predicted molar refractivity (Wildman–Crippen MR) is 170 cm³/mol. The quantitative estimate of drug-likeness (QED) is 0.129. The number of hydrogen-bond acceptors (Lipinski definition) is 17. The van der Waals surface area contributed by atoms with E-state index in [1.807, 2.05) is 6.07 Å². The number of allylic oxidation sites excluding steroid dienone is 1. The Morgan fingerprint density at radius 3 is 2.33 bits per heavy atom. The molecule has 1 aromatic heterocycles. The fourth-order valence-electron chi connectivity index (χ4n) is 5.77. The van der Waals surface area contributed by atoms with Crippen molar-refractivity contribution in [2.24, 2.45) is 5.73 Å². The highest BCUT2D eigenvalue weighted by Crippen LogP contribution is 2.44. The standard InChI is InChI=1S/C33H32N6O13/c1-16(40)46-15-27-29(48-17(2)41)30(49-18(3)42)31(50-19(4)43)33(52-27)38-13-21(36-37-38)14-47-23-8-9-24-26(11-23)51-32(35)25(12-34)28(24)20-6-5-7-22(10-20)39(44)45/h5-11,13,27-31,33H,14-15,35H2,1-4H3/t27-,28?,29-,30+,31-,33-/m1/s1. The monoisotopic (exact) mass is 720 g/mol. The first-order valence-corrected chi connectivity index (χ1v) is 15.6. The summed E-state index contributed by atoms with van der Waals surface area (Å²) in [4.78, 5) is 58.9. The number of nitro benzene ring substituents is 1. The molecule has 19 heteroatoms. The van der Waals surface area contributed by atoms with Crippen LogP contribution in [0, 0.1) is 21.4 Å². The van der Waals surface area contributed by atoms with Gasteiger partial charge >= 0.3 is 23.9 Å². The number of esters is 4. The maximum atomic E-state index is 12.2. The Hall–Kier alpha value is -6.55. The normalized spacial score (nSPS) is 22.1. The number of benzene rings is 2. The van der Waals surface area contributed by atoms with E-state index in [-0.39, 0.29) is 35.2 Å². The molecule has 0 saturated carbocycles. The maximum Gasteiger partial charge on any atom is 0.303 e.